The highest BCUT2D eigenvalue weighted by molar-refractivity contribution is 6.19. The van der Waals surface area contributed by atoms with Gasteiger partial charge in [0.15, 0.2) is 0 Å². The number of hydrogen-bond acceptors (Lipinski definition) is 2. The van der Waals surface area contributed by atoms with Crippen molar-refractivity contribution in [2.45, 2.75) is 44.9 Å². The Hall–Kier alpha value is -7.16. The van der Waals surface area contributed by atoms with Crippen molar-refractivity contribution in [1.82, 2.24) is 0 Å². The minimum absolute atomic E-state index is 0.147. The van der Waals surface area contributed by atoms with Gasteiger partial charge >= 0.3 is 0 Å². The molecule has 0 atom stereocenters. The number of anilines is 2. The number of aryl methyl sites for hydroxylation is 1. The Morgan fingerprint density at radius 2 is 1.15 bits per heavy atom. The van der Waals surface area contributed by atoms with Crippen molar-refractivity contribution in [2.75, 3.05) is 4.90 Å². The lowest BCUT2D eigenvalue weighted by atomic mass is 9.81. The van der Waals surface area contributed by atoms with Crippen LogP contribution in [0.25, 0.3) is 71.8 Å². The lowest BCUT2D eigenvalue weighted by molar-refractivity contribution is 0.660. The molecule has 12 rings (SSSR count). The Kier molecular flexibility index (Phi) is 8.19. The Bertz CT molecular complexity index is 3320. The smallest absolute Gasteiger partial charge is 0.136 e. The van der Waals surface area contributed by atoms with Crippen LogP contribution in [0.2, 0.25) is 0 Å². The molecule has 2 nitrogen and oxygen atoms in total. The molecule has 2 heteroatoms. The molecule has 0 saturated carbocycles. The average Bonchev–Trinajstić information content (AvgIpc) is 3.81. The zero-order chi connectivity index (χ0) is 40.7. The summed E-state index contributed by atoms with van der Waals surface area (Å²) in [5, 5.41) is 4.87. The number of benzene rings is 8. The first kappa shape index (κ1) is 35.8. The van der Waals surface area contributed by atoms with Gasteiger partial charge in [0, 0.05) is 38.8 Å². The summed E-state index contributed by atoms with van der Waals surface area (Å²) in [4.78, 5) is 2.50. The second-order valence-corrected chi connectivity index (χ2v) is 17.5. The summed E-state index contributed by atoms with van der Waals surface area (Å²) < 4.78 is 6.31. The third kappa shape index (κ3) is 5.85. The lowest BCUT2D eigenvalue weighted by Gasteiger charge is -2.32. The van der Waals surface area contributed by atoms with Gasteiger partial charge in [0.25, 0.3) is 0 Å². The summed E-state index contributed by atoms with van der Waals surface area (Å²) in [5.41, 5.74) is 21.3. The van der Waals surface area contributed by atoms with E-state index in [4.69, 9.17) is 4.42 Å². The molecule has 0 radical (unpaired) electrons. The number of furan rings is 1. The van der Waals surface area contributed by atoms with Crippen molar-refractivity contribution in [1.29, 1.82) is 0 Å². The van der Waals surface area contributed by atoms with Crippen LogP contribution in [-0.2, 0) is 11.8 Å². The van der Waals surface area contributed by atoms with Crippen molar-refractivity contribution >= 4 is 60.9 Å². The summed E-state index contributed by atoms with van der Waals surface area (Å²) in [6, 6.07) is 62.8. The molecule has 0 N–H and O–H groups in total. The molecule has 0 bridgehead atoms. The fourth-order valence-electron chi connectivity index (χ4n) is 10.5. The van der Waals surface area contributed by atoms with Crippen molar-refractivity contribution in [3.05, 3.63) is 221 Å². The van der Waals surface area contributed by atoms with Crippen molar-refractivity contribution in [2.24, 2.45) is 0 Å². The van der Waals surface area contributed by atoms with Crippen LogP contribution in [0.4, 0.5) is 11.4 Å². The molecule has 1 aromatic heterocycles. The number of fused-ring (bicyclic) bond motifs is 9. The molecule has 9 aromatic rings. The van der Waals surface area contributed by atoms with E-state index in [0.29, 0.717) is 0 Å². The van der Waals surface area contributed by atoms with Crippen LogP contribution in [0.5, 0.6) is 0 Å². The first-order valence-electron chi connectivity index (χ1n) is 21.8. The van der Waals surface area contributed by atoms with Crippen molar-refractivity contribution < 1.29 is 4.42 Å². The molecule has 61 heavy (non-hydrogen) atoms. The van der Waals surface area contributed by atoms with Crippen LogP contribution in [0.15, 0.2) is 193 Å². The average molecular weight is 784 g/mol. The first-order valence-corrected chi connectivity index (χ1v) is 21.8. The van der Waals surface area contributed by atoms with Crippen LogP contribution >= 0.6 is 0 Å². The topological polar surface area (TPSA) is 16.4 Å². The van der Waals surface area contributed by atoms with Crippen LogP contribution in [0.3, 0.4) is 0 Å². The fraction of sp³-hybridized carbons (Fsp3) is 0.119. The quantitative estimate of drug-likeness (QED) is 0.167. The van der Waals surface area contributed by atoms with E-state index in [2.05, 4.69) is 207 Å². The fourth-order valence-corrected chi connectivity index (χ4v) is 10.5. The van der Waals surface area contributed by atoms with Crippen LogP contribution in [-0.4, -0.2) is 0 Å². The van der Waals surface area contributed by atoms with Crippen molar-refractivity contribution in [3.8, 4) is 22.3 Å². The van der Waals surface area contributed by atoms with Crippen molar-refractivity contribution in [3.63, 3.8) is 0 Å². The van der Waals surface area contributed by atoms with Gasteiger partial charge in [-0.3, -0.25) is 0 Å². The minimum atomic E-state index is -0.147. The Labute approximate surface area is 357 Å². The van der Waals surface area contributed by atoms with E-state index in [0.717, 1.165) is 36.8 Å². The monoisotopic (exact) mass is 783 g/mol. The summed E-state index contributed by atoms with van der Waals surface area (Å²) in [6.45, 7) is 4.78. The van der Waals surface area contributed by atoms with E-state index in [1.807, 2.05) is 0 Å². The van der Waals surface area contributed by atoms with Gasteiger partial charge in [-0.2, -0.15) is 0 Å². The highest BCUT2D eigenvalue weighted by atomic mass is 16.3. The molecule has 0 fully saturated rings. The molecular weight excluding hydrogens is 739 g/mol. The molecule has 8 aromatic carbocycles. The normalized spacial score (nSPS) is 15.2. The third-order valence-electron chi connectivity index (χ3n) is 13.7. The van der Waals surface area contributed by atoms with Gasteiger partial charge in [0.2, 0.25) is 0 Å². The molecule has 0 saturated heterocycles. The number of allylic oxidation sites excluding steroid dienone is 5. The second kappa shape index (κ2) is 14.0. The maximum absolute atomic E-state index is 6.31. The summed E-state index contributed by atoms with van der Waals surface area (Å²) in [6.07, 6.45) is 11.2. The minimum Gasteiger partial charge on any atom is -0.456 e. The molecule has 292 valence electrons. The largest absolute Gasteiger partial charge is 0.456 e. The van der Waals surface area contributed by atoms with Gasteiger partial charge in [-0.1, -0.05) is 153 Å². The number of rotatable bonds is 6. The van der Waals surface area contributed by atoms with E-state index in [9.17, 15) is 0 Å². The summed E-state index contributed by atoms with van der Waals surface area (Å²) in [5.74, 6) is 0. The molecule has 0 spiro atoms. The van der Waals surface area contributed by atoms with Gasteiger partial charge < -0.3 is 9.32 Å². The van der Waals surface area contributed by atoms with Crippen LogP contribution in [0.1, 0.15) is 66.5 Å². The Morgan fingerprint density at radius 1 is 0.475 bits per heavy atom. The molecular formula is C59H45NO. The van der Waals surface area contributed by atoms with E-state index >= 15 is 0 Å². The van der Waals surface area contributed by atoms with E-state index < -0.39 is 0 Å². The maximum Gasteiger partial charge on any atom is 0.136 e. The molecule has 0 aliphatic heterocycles. The first-order chi connectivity index (χ1) is 30.0. The highest BCUT2D eigenvalue weighted by Gasteiger charge is 2.36. The summed E-state index contributed by atoms with van der Waals surface area (Å²) >= 11 is 0. The van der Waals surface area contributed by atoms with E-state index in [1.165, 1.54) is 105 Å². The lowest BCUT2D eigenvalue weighted by Crippen LogP contribution is -2.20. The van der Waals surface area contributed by atoms with E-state index in [1.54, 1.807) is 0 Å². The van der Waals surface area contributed by atoms with Crippen LogP contribution in [0, 0.1) is 0 Å². The highest BCUT2D eigenvalue weighted by Crippen LogP contribution is 2.52. The summed E-state index contributed by atoms with van der Waals surface area (Å²) in [7, 11) is 0. The maximum atomic E-state index is 6.31. The van der Waals surface area contributed by atoms with Crippen LogP contribution < -0.4 is 4.90 Å². The number of hydrogen-bond donors (Lipinski definition) is 0. The predicted octanol–water partition coefficient (Wildman–Crippen LogP) is 16.1. The van der Waals surface area contributed by atoms with Gasteiger partial charge in [0.05, 0.1) is 0 Å². The van der Waals surface area contributed by atoms with Gasteiger partial charge in [0.1, 0.15) is 11.2 Å². The van der Waals surface area contributed by atoms with Gasteiger partial charge in [-0.05, 0) is 146 Å². The SMILES string of the molecule is CC1(C)c2cc(-c3ccccc3)ccc2-c2ccc(N(C3=CCCc4ccccc43)c3ccc(C4=CC=C(c5ccc6oc7ccc8ccccc8c7c6c5)CC4)cc3)cc21. The molecule has 3 aliphatic carbocycles. The Morgan fingerprint density at radius 3 is 1.98 bits per heavy atom. The zero-order valence-corrected chi connectivity index (χ0v) is 34.6. The number of nitrogens with zero attached hydrogens (tertiary/aromatic N) is 1. The standard InChI is InChI=1S/C59H45NO/c1-59(2)53-36-45(38-11-4-3-5-12-38)25-31-50(53)51-32-30-47(37-54(51)59)60(55-18-10-15-42-13-6-8-16-48(42)55)46-28-23-40(24-29-46)39-19-21-41(22-20-39)44-27-33-56-52(35-44)58-49-17-9-7-14-43(49)26-34-57(58)61-56/h3-9,11-14,16-19,21,23-37H,10,15,20,22H2,1-2H3. The molecule has 0 unspecified atom stereocenters. The zero-order valence-electron chi connectivity index (χ0n) is 34.6. The second-order valence-electron chi connectivity index (χ2n) is 17.5. The van der Waals surface area contributed by atoms with E-state index in [-0.39, 0.29) is 5.41 Å². The molecule has 1 heterocycles. The third-order valence-corrected chi connectivity index (χ3v) is 13.7. The molecule has 0 amide bonds. The van der Waals surface area contributed by atoms with Gasteiger partial charge in [-0.25, -0.2) is 0 Å². The van der Waals surface area contributed by atoms with Gasteiger partial charge in [-0.15, -0.1) is 0 Å². The predicted molar refractivity (Wildman–Crippen MR) is 257 cm³/mol. The molecule has 3 aliphatic rings. The Balaban J connectivity index is 0.891.